The van der Waals surface area contributed by atoms with Crippen molar-refractivity contribution < 1.29 is 71.4 Å². The Kier molecular flexibility index (Phi) is 39.1. The zero-order valence-corrected chi connectivity index (χ0v) is 38.8. The molecule has 0 fully saturated rings. The van der Waals surface area contributed by atoms with E-state index in [9.17, 15) is 43.8 Å². The number of aliphatic hydroxyl groups excluding tert-OH is 3. The van der Waals surface area contributed by atoms with Crippen molar-refractivity contribution in [1.29, 1.82) is 0 Å². The summed E-state index contributed by atoms with van der Waals surface area (Å²) in [5.41, 5.74) is 0. The second kappa shape index (κ2) is 41.0. The lowest BCUT2D eigenvalue weighted by molar-refractivity contribution is -0.148. The van der Waals surface area contributed by atoms with E-state index in [1.54, 1.807) is 0 Å². The minimum Gasteiger partial charge on any atom is -0.463 e. The molecule has 0 heterocycles. The van der Waals surface area contributed by atoms with Gasteiger partial charge in [0.05, 0.1) is 26.4 Å². The Labute approximate surface area is 370 Å². The van der Waals surface area contributed by atoms with Gasteiger partial charge in [-0.3, -0.25) is 27.7 Å². The zero-order chi connectivity index (χ0) is 46.0. The normalized spacial score (nSPS) is 16.0. The Bertz CT molecular complexity index is 1440. The lowest BCUT2D eigenvalue weighted by Crippen LogP contribution is -2.25. The van der Waals surface area contributed by atoms with Gasteiger partial charge in [-0.2, -0.15) is 0 Å². The van der Waals surface area contributed by atoms with E-state index in [0.717, 1.165) is 70.6 Å². The number of unbranched alkanes of at least 4 members (excludes halogenated alkanes) is 10. The van der Waals surface area contributed by atoms with Crippen LogP contribution in [0.15, 0.2) is 85.1 Å². The van der Waals surface area contributed by atoms with E-state index in [1.807, 2.05) is 42.5 Å². The average Bonchev–Trinajstić information content (AvgIpc) is 3.24. The summed E-state index contributed by atoms with van der Waals surface area (Å²) in [6.07, 6.45) is 40.1. The number of phosphoric ester groups is 2. The summed E-state index contributed by atoms with van der Waals surface area (Å²) in [6.45, 7) is 0.131. The molecule has 0 aliphatic carbocycles. The summed E-state index contributed by atoms with van der Waals surface area (Å²) >= 11 is 0. The van der Waals surface area contributed by atoms with Crippen LogP contribution in [0.4, 0.5) is 0 Å². The molecule has 0 aliphatic rings. The molecule has 0 saturated carbocycles. The molecule has 0 spiro atoms. The number of esters is 2. The van der Waals surface area contributed by atoms with E-state index in [0.29, 0.717) is 12.8 Å². The molecule has 62 heavy (non-hydrogen) atoms. The fourth-order valence-electron chi connectivity index (χ4n) is 4.99. The third-order valence-electron chi connectivity index (χ3n) is 8.43. The molecule has 0 amide bonds. The fourth-order valence-corrected chi connectivity index (χ4v) is 6.58. The number of ether oxygens (including phenoxy) is 2. The molecule has 0 radical (unpaired) electrons. The SMILES string of the molecule is CC/C=C/C=C/C=C\C=C/CCCCCC(=O)OCC(O)COP(=O)(O)OCC(O)COP(=O)(O)OCC(O)COC(=O)CCCCCC/C=C\C/C=C\C/C=C\CCCCC. The van der Waals surface area contributed by atoms with Crippen molar-refractivity contribution in [2.24, 2.45) is 0 Å². The molecule has 0 saturated heterocycles. The molecule has 0 rings (SSSR count). The lowest BCUT2D eigenvalue weighted by Gasteiger charge is -2.19. The summed E-state index contributed by atoms with van der Waals surface area (Å²) < 4.78 is 52.8. The molecule has 356 valence electrons. The Morgan fingerprint density at radius 1 is 0.452 bits per heavy atom. The second-order valence-electron chi connectivity index (χ2n) is 14.4. The molecule has 5 unspecified atom stereocenters. The van der Waals surface area contributed by atoms with Crippen molar-refractivity contribution in [1.82, 2.24) is 0 Å². The standard InChI is InChI=1S/C45H76O15P2/c1-3-5-7-9-11-13-15-17-18-19-20-22-24-26-28-30-32-34-45(50)56-36-42(47)38-58-62(53,54)60-40-43(48)39-59-61(51,52)57-37-41(46)35-55-44(49)33-31-29-27-25-23-21-16-14-12-10-8-6-4-2/h6,8,10-14,16-18,20-23,41-43,46-48H,3-5,7,9,15,19,24-40H2,1-2H3,(H,51,52)(H,53,54)/b8-6+,12-10+,13-11-,16-14-,18-17-,22-20-,23-21-. The van der Waals surface area contributed by atoms with Gasteiger partial charge in [0.2, 0.25) is 0 Å². The smallest absolute Gasteiger partial charge is 0.463 e. The topological polar surface area (TPSA) is 225 Å². The molecule has 17 heteroatoms. The lowest BCUT2D eigenvalue weighted by atomic mass is 10.1. The van der Waals surface area contributed by atoms with Crippen LogP contribution in [0.1, 0.15) is 129 Å². The number of hydrogen-bond donors (Lipinski definition) is 5. The van der Waals surface area contributed by atoms with Crippen LogP contribution in [0.5, 0.6) is 0 Å². The van der Waals surface area contributed by atoms with Gasteiger partial charge in [0.25, 0.3) is 0 Å². The molecule has 0 aromatic heterocycles. The number of carbonyl (C=O) groups excluding carboxylic acids is 2. The summed E-state index contributed by atoms with van der Waals surface area (Å²) in [6, 6.07) is 0. The summed E-state index contributed by atoms with van der Waals surface area (Å²) in [4.78, 5) is 43.6. The molecule has 5 N–H and O–H groups in total. The first kappa shape index (κ1) is 59.2. The monoisotopic (exact) mass is 918 g/mol. The highest BCUT2D eigenvalue weighted by Crippen LogP contribution is 2.45. The Morgan fingerprint density at radius 3 is 1.26 bits per heavy atom. The average molecular weight is 919 g/mol. The van der Waals surface area contributed by atoms with Crippen molar-refractivity contribution in [3.63, 3.8) is 0 Å². The van der Waals surface area contributed by atoms with E-state index >= 15 is 0 Å². The van der Waals surface area contributed by atoms with E-state index in [-0.39, 0.29) is 12.8 Å². The predicted octanol–water partition coefficient (Wildman–Crippen LogP) is 9.38. The summed E-state index contributed by atoms with van der Waals surface area (Å²) in [5, 5.41) is 29.9. The van der Waals surface area contributed by atoms with Crippen LogP contribution in [-0.2, 0) is 46.3 Å². The maximum absolute atomic E-state index is 12.1. The number of carbonyl (C=O) groups is 2. The first-order valence-corrected chi connectivity index (χ1v) is 25.0. The van der Waals surface area contributed by atoms with E-state index < -0.39 is 85.5 Å². The van der Waals surface area contributed by atoms with Crippen LogP contribution in [-0.4, -0.2) is 95.0 Å². The van der Waals surface area contributed by atoms with Crippen LogP contribution in [0, 0.1) is 0 Å². The highest BCUT2D eigenvalue weighted by molar-refractivity contribution is 7.47. The Morgan fingerprint density at radius 2 is 0.806 bits per heavy atom. The molecule has 0 bridgehead atoms. The molecule has 15 nitrogen and oxygen atoms in total. The summed E-state index contributed by atoms with van der Waals surface area (Å²) in [5.74, 6) is -1.06. The molecule has 0 aromatic rings. The Balaban J connectivity index is 3.99. The van der Waals surface area contributed by atoms with Crippen molar-refractivity contribution in [2.75, 3.05) is 39.6 Å². The van der Waals surface area contributed by atoms with Gasteiger partial charge in [-0.25, -0.2) is 9.13 Å². The van der Waals surface area contributed by atoms with Gasteiger partial charge >= 0.3 is 27.6 Å². The van der Waals surface area contributed by atoms with Crippen molar-refractivity contribution >= 4 is 27.6 Å². The first-order chi connectivity index (χ1) is 29.8. The number of allylic oxidation sites excluding steroid dienone is 14. The van der Waals surface area contributed by atoms with Gasteiger partial charge in [0, 0.05) is 12.8 Å². The Hall–Kier alpha value is -2.78. The fraction of sp³-hybridized carbons (Fsp3) is 0.644. The first-order valence-electron chi connectivity index (χ1n) is 22.0. The quantitative estimate of drug-likeness (QED) is 0.0127. The largest absolute Gasteiger partial charge is 0.472 e. The number of hydrogen-bond acceptors (Lipinski definition) is 13. The van der Waals surface area contributed by atoms with Crippen LogP contribution < -0.4 is 0 Å². The van der Waals surface area contributed by atoms with Gasteiger partial charge in [0.15, 0.2) is 0 Å². The van der Waals surface area contributed by atoms with Crippen LogP contribution in [0.2, 0.25) is 0 Å². The maximum atomic E-state index is 12.1. The highest BCUT2D eigenvalue weighted by atomic mass is 31.2. The minimum atomic E-state index is -4.80. The molecule has 0 aliphatic heterocycles. The van der Waals surface area contributed by atoms with E-state index in [4.69, 9.17) is 9.47 Å². The van der Waals surface area contributed by atoms with E-state index in [2.05, 4.69) is 74.5 Å². The molecule has 0 aromatic carbocycles. The van der Waals surface area contributed by atoms with Gasteiger partial charge < -0.3 is 34.6 Å². The third kappa shape index (κ3) is 42.5. The maximum Gasteiger partial charge on any atom is 0.472 e. The summed E-state index contributed by atoms with van der Waals surface area (Å²) in [7, 11) is -9.59. The van der Waals surface area contributed by atoms with E-state index in [1.165, 1.54) is 19.3 Å². The van der Waals surface area contributed by atoms with Crippen LogP contribution in [0.25, 0.3) is 0 Å². The van der Waals surface area contributed by atoms with Gasteiger partial charge in [0.1, 0.15) is 31.5 Å². The third-order valence-corrected chi connectivity index (χ3v) is 10.3. The molecule has 5 atom stereocenters. The highest BCUT2D eigenvalue weighted by Gasteiger charge is 2.28. The number of aliphatic hydroxyl groups is 3. The number of phosphoric acid groups is 2. The molecular weight excluding hydrogens is 842 g/mol. The van der Waals surface area contributed by atoms with Crippen molar-refractivity contribution in [3.8, 4) is 0 Å². The zero-order valence-electron chi connectivity index (χ0n) is 37.0. The second-order valence-corrected chi connectivity index (χ2v) is 17.3. The van der Waals surface area contributed by atoms with Gasteiger partial charge in [-0.05, 0) is 70.6 Å². The van der Waals surface area contributed by atoms with Gasteiger partial charge in [-0.1, -0.05) is 131 Å². The van der Waals surface area contributed by atoms with Crippen LogP contribution in [0.3, 0.4) is 0 Å². The van der Waals surface area contributed by atoms with Crippen LogP contribution >= 0.6 is 15.6 Å². The number of rotatable bonds is 41. The predicted molar refractivity (Wildman–Crippen MR) is 242 cm³/mol. The van der Waals surface area contributed by atoms with Gasteiger partial charge in [-0.15, -0.1) is 0 Å². The minimum absolute atomic E-state index is 0.146. The van der Waals surface area contributed by atoms with Crippen molar-refractivity contribution in [3.05, 3.63) is 85.1 Å². The molecular formula is C45H76O15P2. The van der Waals surface area contributed by atoms with Crippen molar-refractivity contribution in [2.45, 2.75) is 148 Å².